The van der Waals surface area contributed by atoms with Crippen LogP contribution in [0.2, 0.25) is 0 Å². The summed E-state index contributed by atoms with van der Waals surface area (Å²) in [5.74, 6) is 1.33. The molecule has 0 fully saturated rings. The highest BCUT2D eigenvalue weighted by Gasteiger charge is 2.22. The van der Waals surface area contributed by atoms with Crippen LogP contribution in [0.25, 0.3) is 5.57 Å². The van der Waals surface area contributed by atoms with Crippen LogP contribution in [0.5, 0.6) is 5.88 Å². The Balaban J connectivity index is 1.67. The van der Waals surface area contributed by atoms with Gasteiger partial charge in [-0.05, 0) is 50.6 Å². The Morgan fingerprint density at radius 2 is 2.30 bits per heavy atom. The van der Waals surface area contributed by atoms with Gasteiger partial charge in [0.1, 0.15) is 5.69 Å². The average molecular weight is 291 g/mol. The monoisotopic (exact) mass is 291 g/mol. The summed E-state index contributed by atoms with van der Waals surface area (Å²) in [5.41, 5.74) is 2.16. The summed E-state index contributed by atoms with van der Waals surface area (Å²) in [6, 6.07) is 0.326. The van der Waals surface area contributed by atoms with Crippen LogP contribution in [-0.2, 0) is 0 Å². The Morgan fingerprint density at radius 1 is 1.35 bits per heavy atom. The zero-order valence-corrected chi connectivity index (χ0v) is 12.7. The molecule has 1 aromatic heterocycles. The predicted octanol–water partition coefficient (Wildman–Crippen LogP) is 3.04. The van der Waals surface area contributed by atoms with E-state index >= 15 is 0 Å². The lowest BCUT2D eigenvalue weighted by molar-refractivity contribution is 0.232. The minimum Gasteiger partial charge on any atom is -0.475 e. The summed E-state index contributed by atoms with van der Waals surface area (Å²) in [4.78, 5) is 0. The van der Waals surface area contributed by atoms with E-state index in [1.165, 1.54) is 30.1 Å². The van der Waals surface area contributed by atoms with Crippen LogP contribution in [0.3, 0.4) is 0 Å². The normalized spacial score (nSPS) is 26.4. The molecule has 1 aliphatic carbocycles. The smallest absolute Gasteiger partial charge is 0.253 e. The van der Waals surface area contributed by atoms with Gasteiger partial charge in [-0.1, -0.05) is 18.2 Å². The minimum atomic E-state index is 0.326. The number of hydrogen-bond donors (Lipinski definition) is 1. The van der Waals surface area contributed by atoms with Crippen LogP contribution in [0.1, 0.15) is 38.3 Å². The lowest BCUT2D eigenvalue weighted by Gasteiger charge is -2.22. The molecular weight excluding hydrogens is 270 g/mol. The van der Waals surface area contributed by atoms with Crippen molar-refractivity contribution in [3.63, 3.8) is 0 Å². The van der Waals surface area contributed by atoms with Gasteiger partial charge in [-0.25, -0.2) is 0 Å². The van der Waals surface area contributed by atoms with Crippen molar-refractivity contribution in [3.05, 3.63) is 23.9 Å². The van der Waals surface area contributed by atoms with Crippen molar-refractivity contribution in [3.8, 4) is 5.88 Å². The first-order valence-electron chi connectivity index (χ1n) is 7.38. The van der Waals surface area contributed by atoms with E-state index in [4.69, 9.17) is 4.74 Å². The molecule has 5 heteroatoms. The van der Waals surface area contributed by atoms with Gasteiger partial charge in [-0.3, -0.25) is 0 Å². The molecule has 2 unspecified atom stereocenters. The molecule has 0 amide bonds. The van der Waals surface area contributed by atoms with Crippen LogP contribution in [0, 0.1) is 5.92 Å². The Bertz CT molecular complexity index is 509. The summed E-state index contributed by atoms with van der Waals surface area (Å²) in [7, 11) is 0. The highest BCUT2D eigenvalue weighted by atomic mass is 32.1. The summed E-state index contributed by atoms with van der Waals surface area (Å²) in [6.45, 7) is 3.95. The molecular formula is C15H21N3OS. The van der Waals surface area contributed by atoms with E-state index in [9.17, 15) is 0 Å². The lowest BCUT2D eigenvalue weighted by Crippen LogP contribution is -2.31. The Morgan fingerprint density at radius 3 is 3.10 bits per heavy atom. The van der Waals surface area contributed by atoms with Gasteiger partial charge in [0.05, 0.1) is 18.3 Å². The zero-order valence-electron chi connectivity index (χ0n) is 11.8. The standard InChI is InChI=1S/C15H21N3OS/c1-11-13(8-5-9-16-11)14-15(18-20-17-14)19-10-12-6-3-2-4-7-12/h2-3,8,11-12,16H,4-7,9-10H2,1H3. The highest BCUT2D eigenvalue weighted by Crippen LogP contribution is 2.29. The second-order valence-electron chi connectivity index (χ2n) is 5.50. The maximum absolute atomic E-state index is 5.95. The van der Waals surface area contributed by atoms with Crippen molar-refractivity contribution in [2.75, 3.05) is 13.2 Å². The summed E-state index contributed by atoms with van der Waals surface area (Å²) in [6.07, 6.45) is 11.3. The van der Waals surface area contributed by atoms with Gasteiger partial charge in [-0.2, -0.15) is 4.37 Å². The van der Waals surface area contributed by atoms with E-state index in [0.29, 0.717) is 17.8 Å². The number of rotatable bonds is 4. The molecule has 1 aliphatic heterocycles. The molecule has 3 rings (SSSR count). The van der Waals surface area contributed by atoms with Gasteiger partial charge < -0.3 is 10.1 Å². The first kappa shape index (κ1) is 13.8. The van der Waals surface area contributed by atoms with Crippen molar-refractivity contribution >= 4 is 17.3 Å². The zero-order chi connectivity index (χ0) is 13.8. The van der Waals surface area contributed by atoms with Gasteiger partial charge >= 0.3 is 0 Å². The molecule has 108 valence electrons. The summed E-state index contributed by atoms with van der Waals surface area (Å²) < 4.78 is 14.7. The number of ether oxygens (including phenoxy) is 1. The maximum Gasteiger partial charge on any atom is 0.253 e. The molecule has 0 aromatic carbocycles. The number of nitrogens with one attached hydrogen (secondary N) is 1. The van der Waals surface area contributed by atoms with Crippen molar-refractivity contribution in [1.82, 2.24) is 14.1 Å². The molecule has 2 atom stereocenters. The van der Waals surface area contributed by atoms with Crippen molar-refractivity contribution in [2.24, 2.45) is 5.92 Å². The molecule has 0 spiro atoms. The highest BCUT2D eigenvalue weighted by molar-refractivity contribution is 6.99. The minimum absolute atomic E-state index is 0.326. The summed E-state index contributed by atoms with van der Waals surface area (Å²) in [5, 5.41) is 3.46. The Hall–Kier alpha value is -1.20. The van der Waals surface area contributed by atoms with Crippen molar-refractivity contribution in [1.29, 1.82) is 0 Å². The lowest BCUT2D eigenvalue weighted by atomic mass is 9.95. The van der Waals surface area contributed by atoms with Gasteiger partial charge in [0.15, 0.2) is 0 Å². The maximum atomic E-state index is 5.95. The fourth-order valence-corrected chi connectivity index (χ4v) is 3.29. The molecule has 2 heterocycles. The number of allylic oxidation sites excluding steroid dienone is 2. The second-order valence-corrected chi connectivity index (χ2v) is 6.03. The Labute approximate surface area is 124 Å². The van der Waals surface area contributed by atoms with E-state index in [1.807, 2.05) is 0 Å². The fraction of sp³-hybridized carbons (Fsp3) is 0.600. The topological polar surface area (TPSA) is 47.0 Å². The molecule has 0 radical (unpaired) electrons. The third-order valence-electron chi connectivity index (χ3n) is 3.99. The van der Waals surface area contributed by atoms with Gasteiger partial charge in [0.2, 0.25) is 0 Å². The average Bonchev–Trinajstić information content (AvgIpc) is 2.95. The number of aromatic nitrogens is 2. The fourth-order valence-electron chi connectivity index (χ4n) is 2.77. The Kier molecular flexibility index (Phi) is 4.47. The van der Waals surface area contributed by atoms with Crippen LogP contribution in [0.15, 0.2) is 18.2 Å². The molecule has 1 N–H and O–H groups in total. The van der Waals surface area contributed by atoms with Gasteiger partial charge in [-0.15, -0.1) is 4.37 Å². The van der Waals surface area contributed by atoms with Crippen molar-refractivity contribution in [2.45, 2.75) is 38.6 Å². The quantitative estimate of drug-likeness (QED) is 0.866. The molecule has 1 aromatic rings. The number of nitrogens with zero attached hydrogens (tertiary/aromatic N) is 2. The molecule has 0 bridgehead atoms. The van der Waals surface area contributed by atoms with E-state index in [2.05, 4.69) is 39.2 Å². The molecule has 0 saturated carbocycles. The van der Waals surface area contributed by atoms with E-state index in [1.54, 1.807) is 0 Å². The SMILES string of the molecule is CC1NCCC=C1c1nsnc1OCC1CC=CCC1. The van der Waals surface area contributed by atoms with Gasteiger partial charge in [0.25, 0.3) is 5.88 Å². The van der Waals surface area contributed by atoms with Gasteiger partial charge in [0, 0.05) is 6.04 Å². The molecule has 0 saturated heterocycles. The first-order chi connectivity index (χ1) is 9.84. The number of hydrogen-bond acceptors (Lipinski definition) is 5. The summed E-state index contributed by atoms with van der Waals surface area (Å²) >= 11 is 1.24. The molecule has 2 aliphatic rings. The predicted molar refractivity (Wildman–Crippen MR) is 81.9 cm³/mol. The van der Waals surface area contributed by atoms with Crippen LogP contribution < -0.4 is 10.1 Å². The van der Waals surface area contributed by atoms with E-state index in [0.717, 1.165) is 31.7 Å². The van der Waals surface area contributed by atoms with Crippen LogP contribution in [0.4, 0.5) is 0 Å². The van der Waals surface area contributed by atoms with E-state index in [-0.39, 0.29) is 0 Å². The van der Waals surface area contributed by atoms with Crippen LogP contribution >= 0.6 is 11.7 Å². The second kappa shape index (κ2) is 6.50. The third kappa shape index (κ3) is 3.10. The largest absolute Gasteiger partial charge is 0.475 e. The first-order valence-corrected chi connectivity index (χ1v) is 8.12. The van der Waals surface area contributed by atoms with E-state index < -0.39 is 0 Å². The van der Waals surface area contributed by atoms with Crippen LogP contribution in [-0.4, -0.2) is 27.9 Å². The molecule has 20 heavy (non-hydrogen) atoms. The third-order valence-corrected chi connectivity index (χ3v) is 4.50. The van der Waals surface area contributed by atoms with Crippen molar-refractivity contribution < 1.29 is 4.74 Å². The molecule has 4 nitrogen and oxygen atoms in total.